The number of aromatic nitrogens is 2. The zero-order valence-corrected chi connectivity index (χ0v) is 14.0. The van der Waals surface area contributed by atoms with Crippen molar-refractivity contribution in [2.24, 2.45) is 0 Å². The molecule has 0 atom stereocenters. The monoisotopic (exact) mass is 331 g/mol. The largest absolute Gasteiger partial charge is 0.341 e. The van der Waals surface area contributed by atoms with Crippen LogP contribution in [0.1, 0.15) is 25.3 Å². The van der Waals surface area contributed by atoms with Crippen LogP contribution in [-0.2, 0) is 16.3 Å². The highest BCUT2D eigenvalue weighted by molar-refractivity contribution is 7.92. The standard InChI is InChI=1S/C17H21N3O2S/c1-2-14-12-18-17(19-13-14)20-10-8-16(9-11-20)23(21,22)15-6-4-3-5-7-15/h3-7,12-13,16H,2,8-11H2,1H3. The normalized spacial score (nSPS) is 16.5. The van der Waals surface area contributed by atoms with Crippen LogP contribution < -0.4 is 4.90 Å². The van der Waals surface area contributed by atoms with Gasteiger partial charge in [0, 0.05) is 25.5 Å². The van der Waals surface area contributed by atoms with Crippen molar-refractivity contribution in [2.75, 3.05) is 18.0 Å². The number of piperidine rings is 1. The van der Waals surface area contributed by atoms with E-state index in [1.54, 1.807) is 24.3 Å². The van der Waals surface area contributed by atoms with E-state index in [0.29, 0.717) is 36.8 Å². The molecule has 1 fully saturated rings. The van der Waals surface area contributed by atoms with E-state index in [0.717, 1.165) is 12.0 Å². The summed E-state index contributed by atoms with van der Waals surface area (Å²) in [6, 6.07) is 8.72. The number of nitrogens with zero attached hydrogens (tertiary/aromatic N) is 3. The molecule has 6 heteroatoms. The smallest absolute Gasteiger partial charge is 0.225 e. The predicted octanol–water partition coefficient (Wildman–Crippen LogP) is 2.48. The minimum atomic E-state index is -3.25. The van der Waals surface area contributed by atoms with E-state index in [1.807, 2.05) is 18.5 Å². The Kier molecular flexibility index (Phi) is 4.61. The van der Waals surface area contributed by atoms with Gasteiger partial charge in [-0.1, -0.05) is 25.1 Å². The lowest BCUT2D eigenvalue weighted by molar-refractivity contribution is 0.525. The summed E-state index contributed by atoms with van der Waals surface area (Å²) in [5.41, 5.74) is 1.11. The molecule has 0 radical (unpaired) electrons. The second-order valence-corrected chi connectivity index (χ2v) is 8.02. The molecule has 1 aliphatic heterocycles. The van der Waals surface area contributed by atoms with E-state index >= 15 is 0 Å². The molecule has 0 N–H and O–H groups in total. The minimum Gasteiger partial charge on any atom is -0.341 e. The van der Waals surface area contributed by atoms with Crippen LogP contribution in [0.4, 0.5) is 5.95 Å². The van der Waals surface area contributed by atoms with Crippen LogP contribution >= 0.6 is 0 Å². The van der Waals surface area contributed by atoms with Gasteiger partial charge in [-0.25, -0.2) is 18.4 Å². The average molecular weight is 331 g/mol. The average Bonchev–Trinajstić information content (AvgIpc) is 2.63. The highest BCUT2D eigenvalue weighted by atomic mass is 32.2. The van der Waals surface area contributed by atoms with Crippen LogP contribution in [-0.4, -0.2) is 36.7 Å². The summed E-state index contributed by atoms with van der Waals surface area (Å²) in [5, 5.41) is -0.323. The Morgan fingerprint density at radius 2 is 1.70 bits per heavy atom. The lowest BCUT2D eigenvalue weighted by Gasteiger charge is -2.31. The van der Waals surface area contributed by atoms with Gasteiger partial charge in [-0.15, -0.1) is 0 Å². The lowest BCUT2D eigenvalue weighted by atomic mass is 10.1. The van der Waals surface area contributed by atoms with E-state index < -0.39 is 9.84 Å². The zero-order valence-electron chi connectivity index (χ0n) is 13.2. The number of sulfone groups is 1. The van der Waals surface area contributed by atoms with Gasteiger partial charge in [-0.3, -0.25) is 0 Å². The third-order valence-electron chi connectivity index (χ3n) is 4.34. The summed E-state index contributed by atoms with van der Waals surface area (Å²) in [5.74, 6) is 0.692. The molecule has 0 saturated carbocycles. The molecule has 2 aromatic rings. The van der Waals surface area contributed by atoms with Crippen LogP contribution in [0.5, 0.6) is 0 Å². The van der Waals surface area contributed by atoms with Crippen LogP contribution in [0.25, 0.3) is 0 Å². The van der Waals surface area contributed by atoms with Gasteiger partial charge in [-0.05, 0) is 37.0 Å². The first-order chi connectivity index (χ1) is 11.1. The van der Waals surface area contributed by atoms with Crippen molar-refractivity contribution in [1.29, 1.82) is 0 Å². The maximum absolute atomic E-state index is 12.7. The summed E-state index contributed by atoms with van der Waals surface area (Å²) in [4.78, 5) is 11.3. The third-order valence-corrected chi connectivity index (χ3v) is 6.61. The maximum atomic E-state index is 12.7. The van der Waals surface area contributed by atoms with Gasteiger partial charge in [0.2, 0.25) is 5.95 Å². The van der Waals surface area contributed by atoms with Crippen molar-refractivity contribution in [3.05, 3.63) is 48.3 Å². The number of benzene rings is 1. The molecule has 1 aromatic heterocycles. The Morgan fingerprint density at radius 1 is 1.09 bits per heavy atom. The second-order valence-electron chi connectivity index (χ2n) is 5.79. The second kappa shape index (κ2) is 6.66. The number of rotatable bonds is 4. The van der Waals surface area contributed by atoms with Gasteiger partial charge in [0.05, 0.1) is 10.1 Å². The maximum Gasteiger partial charge on any atom is 0.225 e. The highest BCUT2D eigenvalue weighted by Crippen LogP contribution is 2.25. The molecule has 23 heavy (non-hydrogen) atoms. The van der Waals surface area contributed by atoms with Crippen LogP contribution in [0.15, 0.2) is 47.6 Å². The quantitative estimate of drug-likeness (QED) is 0.861. The number of hydrogen-bond donors (Lipinski definition) is 0. The van der Waals surface area contributed by atoms with Crippen LogP contribution in [0.2, 0.25) is 0 Å². The number of aryl methyl sites for hydroxylation is 1. The van der Waals surface area contributed by atoms with Crippen LogP contribution in [0.3, 0.4) is 0 Å². The highest BCUT2D eigenvalue weighted by Gasteiger charge is 2.31. The molecule has 0 bridgehead atoms. The van der Waals surface area contributed by atoms with Crippen molar-refractivity contribution in [3.8, 4) is 0 Å². The molecule has 1 aliphatic rings. The summed E-state index contributed by atoms with van der Waals surface area (Å²) >= 11 is 0. The Morgan fingerprint density at radius 3 is 2.26 bits per heavy atom. The molecule has 0 amide bonds. The fraction of sp³-hybridized carbons (Fsp3) is 0.412. The minimum absolute atomic E-state index is 0.323. The van der Waals surface area contributed by atoms with E-state index in [4.69, 9.17) is 0 Å². The Hall–Kier alpha value is -1.95. The first-order valence-corrected chi connectivity index (χ1v) is 9.50. The molecule has 1 saturated heterocycles. The Balaban J connectivity index is 1.68. The fourth-order valence-corrected chi connectivity index (χ4v) is 4.62. The summed E-state index contributed by atoms with van der Waals surface area (Å²) < 4.78 is 25.3. The first kappa shape index (κ1) is 15.9. The SMILES string of the molecule is CCc1cnc(N2CCC(S(=O)(=O)c3ccccc3)CC2)nc1. The molecule has 3 rings (SSSR count). The molecule has 0 unspecified atom stereocenters. The summed E-state index contributed by atoms with van der Waals surface area (Å²) in [6.45, 7) is 3.41. The first-order valence-electron chi connectivity index (χ1n) is 7.96. The molecule has 2 heterocycles. The lowest BCUT2D eigenvalue weighted by Crippen LogP contribution is -2.40. The van der Waals surface area contributed by atoms with Gasteiger partial charge >= 0.3 is 0 Å². The zero-order chi connectivity index (χ0) is 16.3. The molecular formula is C17H21N3O2S. The fourth-order valence-electron chi connectivity index (χ4n) is 2.86. The van der Waals surface area contributed by atoms with Crippen molar-refractivity contribution >= 4 is 15.8 Å². The summed E-state index contributed by atoms with van der Waals surface area (Å²) in [6.07, 6.45) is 5.81. The number of anilines is 1. The third kappa shape index (κ3) is 3.37. The molecule has 5 nitrogen and oxygen atoms in total. The van der Waals surface area contributed by atoms with E-state index in [1.165, 1.54) is 0 Å². The summed E-state index contributed by atoms with van der Waals surface area (Å²) in [7, 11) is -3.25. The van der Waals surface area contributed by atoms with Gasteiger partial charge in [0.1, 0.15) is 0 Å². The van der Waals surface area contributed by atoms with E-state index in [-0.39, 0.29) is 5.25 Å². The number of hydrogen-bond acceptors (Lipinski definition) is 5. The molecule has 1 aromatic carbocycles. The predicted molar refractivity (Wildman–Crippen MR) is 90.3 cm³/mol. The molecule has 0 spiro atoms. The van der Waals surface area contributed by atoms with Gasteiger partial charge in [0.25, 0.3) is 0 Å². The van der Waals surface area contributed by atoms with E-state index in [9.17, 15) is 8.42 Å². The van der Waals surface area contributed by atoms with Crippen molar-refractivity contribution in [2.45, 2.75) is 36.3 Å². The Bertz CT molecular complexity index is 737. The van der Waals surface area contributed by atoms with Crippen molar-refractivity contribution in [3.63, 3.8) is 0 Å². The molecule has 0 aliphatic carbocycles. The van der Waals surface area contributed by atoms with E-state index in [2.05, 4.69) is 21.8 Å². The molecular weight excluding hydrogens is 310 g/mol. The van der Waals surface area contributed by atoms with Gasteiger partial charge in [-0.2, -0.15) is 0 Å². The Labute approximate surface area is 137 Å². The van der Waals surface area contributed by atoms with Crippen molar-refractivity contribution < 1.29 is 8.42 Å². The van der Waals surface area contributed by atoms with Gasteiger partial charge < -0.3 is 4.90 Å². The van der Waals surface area contributed by atoms with Gasteiger partial charge in [0.15, 0.2) is 9.84 Å². The van der Waals surface area contributed by atoms with Crippen LogP contribution in [0, 0.1) is 0 Å². The van der Waals surface area contributed by atoms with Crippen molar-refractivity contribution in [1.82, 2.24) is 9.97 Å². The molecule has 122 valence electrons. The topological polar surface area (TPSA) is 63.2 Å².